The average Bonchev–Trinajstić information content (AvgIpc) is 2.46. The van der Waals surface area contributed by atoms with Crippen LogP contribution in [0.2, 0.25) is 0 Å². The minimum Gasteiger partial charge on any atom is -0.493 e. The van der Waals surface area contributed by atoms with Crippen molar-refractivity contribution in [2.75, 3.05) is 13.7 Å². The Kier molecular flexibility index (Phi) is 5.97. The van der Waals surface area contributed by atoms with E-state index in [9.17, 15) is 10.1 Å². The molecule has 0 amide bonds. The number of hydrogen-bond acceptors (Lipinski definition) is 5. The van der Waals surface area contributed by atoms with Crippen molar-refractivity contribution in [2.24, 2.45) is 5.41 Å². The van der Waals surface area contributed by atoms with Crippen LogP contribution in [0.5, 0.6) is 11.5 Å². The fourth-order valence-electron chi connectivity index (χ4n) is 1.80. The number of non-ortho nitro benzene ring substituents is 1. The Morgan fingerprint density at radius 1 is 1.33 bits per heavy atom. The number of nitro groups is 1. The van der Waals surface area contributed by atoms with Gasteiger partial charge in [0.1, 0.15) is 0 Å². The van der Waals surface area contributed by atoms with Gasteiger partial charge in [-0.3, -0.25) is 10.1 Å². The Labute approximate surface area is 124 Å². The van der Waals surface area contributed by atoms with Crippen LogP contribution >= 0.6 is 0 Å². The van der Waals surface area contributed by atoms with E-state index in [0.717, 1.165) is 19.3 Å². The van der Waals surface area contributed by atoms with Crippen LogP contribution in [0.4, 0.5) is 5.69 Å². The predicted molar refractivity (Wildman–Crippen MR) is 78.4 cm³/mol. The molecule has 0 aliphatic rings. The zero-order chi connectivity index (χ0) is 15.9. The summed E-state index contributed by atoms with van der Waals surface area (Å²) in [6, 6.07) is 6.53. The number of ether oxygens (including phenoxy) is 2. The van der Waals surface area contributed by atoms with E-state index in [-0.39, 0.29) is 11.1 Å². The quantitative estimate of drug-likeness (QED) is 0.414. The third-order valence-electron chi connectivity index (χ3n) is 3.11. The van der Waals surface area contributed by atoms with Crippen LogP contribution in [-0.4, -0.2) is 18.6 Å². The van der Waals surface area contributed by atoms with Crippen LogP contribution in [0.25, 0.3) is 0 Å². The summed E-state index contributed by atoms with van der Waals surface area (Å²) >= 11 is 0. The molecule has 0 saturated carbocycles. The standard InChI is InChI=1S/C15H20N2O4/c1-15(2,11-16)8-4-5-9-21-13-7-6-12(17(18)19)10-14(13)20-3/h6-7,10H,4-5,8-9H2,1-3H3. The number of unbranched alkanes of at least 4 members (excludes halogenated alkanes) is 1. The molecule has 1 aromatic rings. The van der Waals surface area contributed by atoms with Crippen LogP contribution in [0.3, 0.4) is 0 Å². The van der Waals surface area contributed by atoms with E-state index in [1.807, 2.05) is 13.8 Å². The highest BCUT2D eigenvalue weighted by Gasteiger charge is 2.16. The molecule has 1 aromatic carbocycles. The molecular formula is C15H20N2O4. The van der Waals surface area contributed by atoms with E-state index < -0.39 is 4.92 Å². The average molecular weight is 292 g/mol. The van der Waals surface area contributed by atoms with Crippen molar-refractivity contribution in [1.29, 1.82) is 5.26 Å². The van der Waals surface area contributed by atoms with E-state index in [0.29, 0.717) is 18.1 Å². The Hall–Kier alpha value is -2.29. The summed E-state index contributed by atoms with van der Waals surface area (Å²) in [7, 11) is 1.45. The Balaban J connectivity index is 2.49. The highest BCUT2D eigenvalue weighted by Crippen LogP contribution is 2.31. The molecule has 1 rings (SSSR count). The smallest absolute Gasteiger partial charge is 0.273 e. The third kappa shape index (κ3) is 5.30. The number of nitriles is 1. The SMILES string of the molecule is COc1cc([N+](=O)[O-])ccc1OCCCCC(C)(C)C#N. The summed E-state index contributed by atoms with van der Waals surface area (Å²) in [6.07, 6.45) is 2.51. The molecule has 0 atom stereocenters. The Morgan fingerprint density at radius 3 is 2.62 bits per heavy atom. The molecule has 0 N–H and O–H groups in total. The molecule has 0 aliphatic carbocycles. The lowest BCUT2D eigenvalue weighted by atomic mass is 9.89. The van der Waals surface area contributed by atoms with Crippen LogP contribution in [0, 0.1) is 26.9 Å². The normalized spacial score (nSPS) is 10.8. The predicted octanol–water partition coefficient (Wildman–Crippen LogP) is 3.70. The maximum atomic E-state index is 10.7. The monoisotopic (exact) mass is 292 g/mol. The summed E-state index contributed by atoms with van der Waals surface area (Å²) in [5.74, 6) is 0.837. The van der Waals surface area contributed by atoms with Gasteiger partial charge >= 0.3 is 0 Å². The summed E-state index contributed by atoms with van der Waals surface area (Å²) in [5, 5.41) is 19.6. The molecule has 6 nitrogen and oxygen atoms in total. The minimum absolute atomic E-state index is 0.0324. The van der Waals surface area contributed by atoms with Crippen molar-refractivity contribution < 1.29 is 14.4 Å². The van der Waals surface area contributed by atoms with Gasteiger partial charge in [0.05, 0.1) is 36.2 Å². The number of rotatable bonds is 8. The van der Waals surface area contributed by atoms with Gasteiger partial charge < -0.3 is 9.47 Å². The summed E-state index contributed by atoms with van der Waals surface area (Å²) in [5.41, 5.74) is -0.347. The van der Waals surface area contributed by atoms with Crippen LogP contribution in [-0.2, 0) is 0 Å². The summed E-state index contributed by atoms with van der Waals surface area (Å²) in [4.78, 5) is 10.2. The van der Waals surface area contributed by atoms with Gasteiger partial charge in [0.25, 0.3) is 5.69 Å². The molecule has 0 aromatic heterocycles. The fraction of sp³-hybridized carbons (Fsp3) is 0.533. The number of nitrogens with zero attached hydrogens (tertiary/aromatic N) is 2. The van der Waals surface area contributed by atoms with Crippen molar-refractivity contribution in [1.82, 2.24) is 0 Å². The van der Waals surface area contributed by atoms with E-state index in [2.05, 4.69) is 6.07 Å². The van der Waals surface area contributed by atoms with Crippen LogP contribution < -0.4 is 9.47 Å². The topological polar surface area (TPSA) is 85.4 Å². The molecule has 0 radical (unpaired) electrons. The van der Waals surface area contributed by atoms with Crippen molar-refractivity contribution in [3.63, 3.8) is 0 Å². The van der Waals surface area contributed by atoms with Crippen LogP contribution in [0.15, 0.2) is 18.2 Å². The van der Waals surface area contributed by atoms with Crippen molar-refractivity contribution in [3.05, 3.63) is 28.3 Å². The first-order valence-corrected chi connectivity index (χ1v) is 6.76. The zero-order valence-corrected chi connectivity index (χ0v) is 12.6. The fourth-order valence-corrected chi connectivity index (χ4v) is 1.80. The Bertz CT molecular complexity index is 535. The molecule has 0 aliphatic heterocycles. The third-order valence-corrected chi connectivity index (χ3v) is 3.11. The van der Waals surface area contributed by atoms with Gasteiger partial charge in [-0.15, -0.1) is 0 Å². The van der Waals surface area contributed by atoms with E-state index >= 15 is 0 Å². The minimum atomic E-state index is -0.476. The number of benzene rings is 1. The van der Waals surface area contributed by atoms with Crippen molar-refractivity contribution >= 4 is 5.69 Å². The molecule has 0 heterocycles. The van der Waals surface area contributed by atoms with E-state index in [1.54, 1.807) is 0 Å². The molecule has 0 saturated heterocycles. The van der Waals surface area contributed by atoms with Crippen molar-refractivity contribution in [2.45, 2.75) is 33.1 Å². The van der Waals surface area contributed by atoms with E-state index in [4.69, 9.17) is 14.7 Å². The zero-order valence-electron chi connectivity index (χ0n) is 12.6. The van der Waals surface area contributed by atoms with Crippen LogP contribution in [0.1, 0.15) is 33.1 Å². The number of methoxy groups -OCH3 is 1. The first-order chi connectivity index (χ1) is 9.89. The van der Waals surface area contributed by atoms with Gasteiger partial charge in [-0.2, -0.15) is 5.26 Å². The van der Waals surface area contributed by atoms with Gasteiger partial charge in [-0.05, 0) is 39.2 Å². The van der Waals surface area contributed by atoms with Gasteiger partial charge in [0, 0.05) is 6.07 Å². The lowest BCUT2D eigenvalue weighted by Crippen LogP contribution is -2.08. The second kappa shape index (κ2) is 7.48. The summed E-state index contributed by atoms with van der Waals surface area (Å²) in [6.45, 7) is 4.30. The van der Waals surface area contributed by atoms with Gasteiger partial charge in [0.2, 0.25) is 0 Å². The second-order valence-corrected chi connectivity index (χ2v) is 5.39. The molecule has 0 bridgehead atoms. The van der Waals surface area contributed by atoms with E-state index in [1.165, 1.54) is 25.3 Å². The number of nitro benzene ring substituents is 1. The maximum Gasteiger partial charge on any atom is 0.273 e. The molecule has 114 valence electrons. The summed E-state index contributed by atoms with van der Waals surface area (Å²) < 4.78 is 10.7. The first-order valence-electron chi connectivity index (χ1n) is 6.76. The molecule has 6 heteroatoms. The molecule has 0 spiro atoms. The molecular weight excluding hydrogens is 272 g/mol. The highest BCUT2D eigenvalue weighted by molar-refractivity contribution is 5.48. The van der Waals surface area contributed by atoms with Gasteiger partial charge in [-0.25, -0.2) is 0 Å². The maximum absolute atomic E-state index is 10.7. The molecule has 21 heavy (non-hydrogen) atoms. The molecule has 0 fully saturated rings. The highest BCUT2D eigenvalue weighted by atomic mass is 16.6. The van der Waals surface area contributed by atoms with Gasteiger partial charge in [-0.1, -0.05) is 0 Å². The number of hydrogen-bond donors (Lipinski definition) is 0. The van der Waals surface area contributed by atoms with Gasteiger partial charge in [0.15, 0.2) is 11.5 Å². The van der Waals surface area contributed by atoms with Crippen molar-refractivity contribution in [3.8, 4) is 17.6 Å². The molecule has 0 unspecified atom stereocenters. The lowest BCUT2D eigenvalue weighted by Gasteiger charge is -2.15. The Morgan fingerprint density at radius 2 is 2.05 bits per heavy atom. The second-order valence-electron chi connectivity index (χ2n) is 5.39. The lowest BCUT2D eigenvalue weighted by molar-refractivity contribution is -0.384. The first kappa shape index (κ1) is 16.8. The largest absolute Gasteiger partial charge is 0.493 e.